The molecular formula is C138H86N6O3. The van der Waals surface area contributed by atoms with E-state index in [2.05, 4.69) is 513 Å². The molecule has 9 aromatic heterocycles. The van der Waals surface area contributed by atoms with Crippen LogP contribution in [0.3, 0.4) is 0 Å². The summed E-state index contributed by atoms with van der Waals surface area (Å²) in [6.45, 7) is 0. The Morgan fingerprint density at radius 3 is 0.633 bits per heavy atom. The van der Waals surface area contributed by atoms with E-state index in [-0.39, 0.29) is 0 Å². The third kappa shape index (κ3) is 13.3. The molecule has 0 aliphatic rings. The van der Waals surface area contributed by atoms with Crippen molar-refractivity contribution in [3.8, 4) is 89.8 Å². The van der Waals surface area contributed by atoms with Gasteiger partial charge in [-0.3, -0.25) is 0 Å². The van der Waals surface area contributed by atoms with Gasteiger partial charge in [0.05, 0.1) is 77.6 Å². The molecule has 0 aliphatic carbocycles. The van der Waals surface area contributed by atoms with Gasteiger partial charge in [-0.1, -0.05) is 364 Å². The topological polar surface area (TPSA) is 69.0 Å². The molecule has 0 bridgehead atoms. The highest BCUT2D eigenvalue weighted by atomic mass is 16.3. The van der Waals surface area contributed by atoms with E-state index in [0.717, 1.165) is 99.9 Å². The summed E-state index contributed by atoms with van der Waals surface area (Å²) in [5, 5.41) is 21.6. The molecule has 0 atom stereocenters. The molecule has 0 amide bonds. The maximum Gasteiger partial charge on any atom is 0.137 e. The van der Waals surface area contributed by atoms with E-state index < -0.39 is 0 Å². The zero-order chi connectivity index (χ0) is 96.4. The average Bonchev–Trinajstić information content (AvgIpc) is 1.55. The quantitative estimate of drug-likeness (QED) is 0.130. The second-order valence-electron chi connectivity index (χ2n) is 38.5. The van der Waals surface area contributed by atoms with E-state index >= 15 is 0 Å². The van der Waals surface area contributed by atoms with Gasteiger partial charge in [-0.25, -0.2) is 0 Å². The summed E-state index contributed by atoms with van der Waals surface area (Å²) in [4.78, 5) is 0. The molecule has 0 N–H and O–H groups in total. The first-order chi connectivity index (χ1) is 72.9. The fourth-order valence-corrected chi connectivity index (χ4v) is 23.7. The Labute approximate surface area is 842 Å². The van der Waals surface area contributed by atoms with Crippen LogP contribution in [-0.2, 0) is 0 Å². The number of nitrogens with zero attached hydrogens (tertiary/aromatic N) is 6. The molecule has 0 saturated carbocycles. The summed E-state index contributed by atoms with van der Waals surface area (Å²) in [6, 6.07) is 188. The number of hydrogen-bond acceptors (Lipinski definition) is 3. The maximum absolute atomic E-state index is 6.41. The minimum Gasteiger partial charge on any atom is -0.456 e. The molecule has 9 heteroatoms. The van der Waals surface area contributed by atoms with Crippen molar-refractivity contribution in [1.29, 1.82) is 0 Å². The Hall–Kier alpha value is -19.7. The van der Waals surface area contributed by atoms with E-state index in [1.165, 1.54) is 186 Å². The van der Waals surface area contributed by atoms with Crippen LogP contribution in [0.4, 0.5) is 0 Å². The third-order valence-corrected chi connectivity index (χ3v) is 30.4. The first-order valence-electron chi connectivity index (χ1n) is 50.2. The largest absolute Gasteiger partial charge is 0.456 e. The van der Waals surface area contributed by atoms with Gasteiger partial charge in [0.25, 0.3) is 0 Å². The summed E-state index contributed by atoms with van der Waals surface area (Å²) in [5.41, 5.74) is 38.3. The number of furan rings is 3. The summed E-state index contributed by atoms with van der Waals surface area (Å²) in [7, 11) is 0. The van der Waals surface area contributed by atoms with Gasteiger partial charge in [0.1, 0.15) is 33.5 Å². The van der Waals surface area contributed by atoms with Gasteiger partial charge in [-0.15, -0.1) is 0 Å². The van der Waals surface area contributed by atoms with E-state index in [9.17, 15) is 0 Å². The molecule has 32 rings (SSSR count). The predicted octanol–water partition coefficient (Wildman–Crippen LogP) is 37.7. The molecule has 0 spiro atoms. The van der Waals surface area contributed by atoms with Gasteiger partial charge in [0.15, 0.2) is 0 Å². The van der Waals surface area contributed by atoms with Gasteiger partial charge >= 0.3 is 0 Å². The highest BCUT2D eigenvalue weighted by Gasteiger charge is 2.28. The van der Waals surface area contributed by atoms with Gasteiger partial charge in [-0.05, 0) is 195 Å². The Morgan fingerprint density at radius 1 is 0.102 bits per heavy atom. The summed E-state index contributed by atoms with van der Waals surface area (Å²) >= 11 is 0. The molecule has 23 aromatic carbocycles. The summed E-state index contributed by atoms with van der Waals surface area (Å²) < 4.78 is 33.7. The number of rotatable bonds is 11. The van der Waals surface area contributed by atoms with Crippen molar-refractivity contribution in [2.45, 2.75) is 0 Å². The van der Waals surface area contributed by atoms with Crippen LogP contribution in [0.5, 0.6) is 0 Å². The Kier molecular flexibility index (Phi) is 18.9. The molecule has 9 heterocycles. The molecule has 0 fully saturated rings. The third-order valence-electron chi connectivity index (χ3n) is 30.4. The van der Waals surface area contributed by atoms with Gasteiger partial charge in [0.2, 0.25) is 0 Å². The summed E-state index contributed by atoms with van der Waals surface area (Å²) in [6.07, 6.45) is 0. The van der Waals surface area contributed by atoms with Crippen molar-refractivity contribution >= 4 is 197 Å². The smallest absolute Gasteiger partial charge is 0.137 e. The zero-order valence-electron chi connectivity index (χ0n) is 79.6. The van der Waals surface area contributed by atoms with Crippen LogP contribution in [0.2, 0.25) is 0 Å². The lowest BCUT2D eigenvalue weighted by atomic mass is 10.00. The van der Waals surface area contributed by atoms with Crippen LogP contribution in [0, 0.1) is 0 Å². The highest BCUT2D eigenvalue weighted by Crippen LogP contribution is 2.49. The molecule has 0 aliphatic heterocycles. The van der Waals surface area contributed by atoms with E-state index in [0.29, 0.717) is 0 Å². The standard InChI is InChI=1S/2C48H30N2O.C42H26N2O/c1-2-11-31(12-3-1)32-21-23-33(24-22-32)34-13-10-14-35(29-34)49-43-18-7-4-15-37(43)41-27-28-42-38-16-5-8-19-44(38)50(48(42)47(41)49)36-25-26-40-39-17-6-9-20-45(39)51-46(40)30-36;1-2-10-31(11-3-1)32-18-20-33(21-19-32)34-22-24-35(25-23-34)49-43-15-7-4-12-37(43)41-28-29-42-38-13-5-8-16-44(38)50(48(42)47(41)49)36-26-27-40-39-14-6-9-17-45(39)51-46(40)30-36;1-2-10-27(11-3-1)28-18-20-29(21-19-28)43-37-15-7-4-12-31(37)35-26-40-36(25-39(35)43)32-13-5-8-16-38(32)44(40)30-22-23-34-33-14-6-9-17-41(33)45-42(34)24-30/h2*1-30H;1-26H. The molecule has 32 aromatic rings. The number of para-hydroxylation sites is 9. The maximum atomic E-state index is 6.41. The van der Waals surface area contributed by atoms with Crippen molar-refractivity contribution in [3.63, 3.8) is 0 Å². The zero-order valence-corrected chi connectivity index (χ0v) is 79.6. The molecular weight excluding hydrogens is 1790 g/mol. The summed E-state index contributed by atoms with van der Waals surface area (Å²) in [5.74, 6) is 0. The Bertz CT molecular complexity index is 10900. The van der Waals surface area contributed by atoms with Gasteiger partial charge < -0.3 is 40.7 Å². The molecule has 9 nitrogen and oxygen atoms in total. The van der Waals surface area contributed by atoms with E-state index in [1.807, 2.05) is 36.4 Å². The van der Waals surface area contributed by atoms with Crippen molar-refractivity contribution in [2.75, 3.05) is 0 Å². The van der Waals surface area contributed by atoms with Crippen LogP contribution < -0.4 is 0 Å². The Morgan fingerprint density at radius 2 is 0.306 bits per heavy atom. The van der Waals surface area contributed by atoms with Crippen LogP contribution in [0.15, 0.2) is 535 Å². The monoisotopic (exact) mass is 1870 g/mol. The molecule has 0 unspecified atom stereocenters. The van der Waals surface area contributed by atoms with Crippen LogP contribution in [0.1, 0.15) is 0 Å². The van der Waals surface area contributed by atoms with Crippen molar-refractivity contribution < 1.29 is 13.3 Å². The first-order valence-corrected chi connectivity index (χ1v) is 50.2. The molecule has 147 heavy (non-hydrogen) atoms. The number of hydrogen-bond donors (Lipinski definition) is 0. The average molecular weight is 1880 g/mol. The molecule has 0 radical (unpaired) electrons. The number of benzene rings is 23. The predicted molar refractivity (Wildman–Crippen MR) is 614 cm³/mol. The van der Waals surface area contributed by atoms with E-state index in [1.54, 1.807) is 0 Å². The normalized spacial score (nSPS) is 11.9. The second-order valence-corrected chi connectivity index (χ2v) is 38.5. The van der Waals surface area contributed by atoms with Gasteiger partial charge in [0, 0.05) is 138 Å². The highest BCUT2D eigenvalue weighted by molar-refractivity contribution is 6.27. The lowest BCUT2D eigenvalue weighted by molar-refractivity contribution is 0.668. The fourth-order valence-electron chi connectivity index (χ4n) is 23.7. The van der Waals surface area contributed by atoms with Crippen molar-refractivity contribution in [1.82, 2.24) is 27.4 Å². The minimum absolute atomic E-state index is 0.887. The first kappa shape index (κ1) is 83.1. The number of aromatic nitrogens is 6. The molecule has 0 saturated heterocycles. The minimum atomic E-state index is 0.887. The SMILES string of the molecule is c1ccc(-c2ccc(-c3ccc(-n4c5ccccc5c5ccc6c7ccccc7n(-c7ccc8c(c7)oc7ccccc78)c6c54)cc3)cc2)cc1.c1ccc(-c2ccc(-c3cccc(-n4c5ccccc5c5ccc6c7ccccc7n(-c7ccc8c(c7)oc7ccccc78)c6c54)c3)cc2)cc1.c1ccc(-c2ccc(-n3c4ccccc4c4cc5c(cc43)c3ccccc3n5-c3ccc4c(c3)oc3ccccc34)cc2)cc1. The number of fused-ring (bicyclic) bond motifs is 29. The molecule has 686 valence electrons. The Balaban J connectivity index is 0.000000102. The van der Waals surface area contributed by atoms with Crippen molar-refractivity contribution in [2.24, 2.45) is 0 Å². The van der Waals surface area contributed by atoms with Crippen LogP contribution in [0.25, 0.3) is 286 Å². The van der Waals surface area contributed by atoms with E-state index in [4.69, 9.17) is 13.3 Å². The van der Waals surface area contributed by atoms with Crippen LogP contribution >= 0.6 is 0 Å². The van der Waals surface area contributed by atoms with Crippen LogP contribution in [-0.4, -0.2) is 27.4 Å². The van der Waals surface area contributed by atoms with Crippen molar-refractivity contribution in [3.05, 3.63) is 522 Å². The second kappa shape index (κ2) is 33.5. The lowest BCUT2D eigenvalue weighted by Crippen LogP contribution is -1.99. The van der Waals surface area contributed by atoms with Gasteiger partial charge in [-0.2, -0.15) is 0 Å². The fraction of sp³-hybridized carbons (Fsp3) is 0. The lowest BCUT2D eigenvalue weighted by Gasteiger charge is -2.14.